The van der Waals surface area contributed by atoms with Gasteiger partial charge in [0.15, 0.2) is 0 Å². The molecule has 0 aromatic heterocycles. The van der Waals surface area contributed by atoms with Gasteiger partial charge in [0.1, 0.15) is 0 Å². The van der Waals surface area contributed by atoms with Crippen molar-refractivity contribution in [3.63, 3.8) is 0 Å². The Balaban J connectivity index is 0. The molecule has 5 heteroatoms. The molecular formula is C23H35Cl3SiTi. The molecule has 0 nitrogen and oxygen atoms in total. The van der Waals surface area contributed by atoms with Gasteiger partial charge in [-0.15, -0.1) is 0 Å². The molecule has 1 aliphatic carbocycles. The molecule has 0 heterocycles. The van der Waals surface area contributed by atoms with Crippen LogP contribution in [0.3, 0.4) is 0 Å². The van der Waals surface area contributed by atoms with Crippen molar-refractivity contribution >= 4 is 13.3 Å². The van der Waals surface area contributed by atoms with Crippen LogP contribution in [-0.4, -0.2) is 8.07 Å². The molecule has 0 N–H and O–H groups in total. The van der Waals surface area contributed by atoms with Crippen LogP contribution in [0.25, 0.3) is 0 Å². The minimum absolute atomic E-state index is 0. The first-order valence-corrected chi connectivity index (χ1v) is 12.2. The van der Waals surface area contributed by atoms with Gasteiger partial charge in [0, 0.05) is 0 Å². The molecule has 1 aromatic carbocycles. The van der Waals surface area contributed by atoms with Crippen molar-refractivity contribution in [2.75, 3.05) is 0 Å². The summed E-state index contributed by atoms with van der Waals surface area (Å²) in [5.74, 6) is 0. The number of halogens is 3. The molecule has 0 saturated carbocycles. The maximum atomic E-state index is 2.56. The van der Waals surface area contributed by atoms with Gasteiger partial charge in [0.25, 0.3) is 0 Å². The first-order valence-electron chi connectivity index (χ1n) is 9.41. The molecule has 28 heavy (non-hydrogen) atoms. The zero-order valence-corrected chi connectivity index (χ0v) is 23.8. The van der Waals surface area contributed by atoms with Gasteiger partial charge in [0.05, 0.1) is 0 Å². The van der Waals surface area contributed by atoms with Crippen molar-refractivity contribution in [3.05, 3.63) is 52.6 Å². The van der Waals surface area contributed by atoms with E-state index in [1.165, 1.54) is 11.1 Å². The average molecular weight is 494 g/mol. The van der Waals surface area contributed by atoms with Crippen LogP contribution < -0.4 is 42.4 Å². The van der Waals surface area contributed by atoms with Crippen LogP contribution in [0, 0.1) is 0 Å². The summed E-state index contributed by atoms with van der Waals surface area (Å²) >= 11 is 2.56. The first kappa shape index (κ1) is 30.7. The smallest absolute Gasteiger partial charge is 1.00 e. The van der Waals surface area contributed by atoms with Gasteiger partial charge in [-0.25, -0.2) is 0 Å². The molecule has 0 aliphatic heterocycles. The van der Waals surface area contributed by atoms with E-state index in [1.807, 2.05) is 0 Å². The molecule has 0 atom stereocenters. The third kappa shape index (κ3) is 4.02. The second-order valence-electron chi connectivity index (χ2n) is 9.87. The van der Waals surface area contributed by atoms with Gasteiger partial charge < -0.3 is 37.2 Å². The number of rotatable bonds is 2. The van der Waals surface area contributed by atoms with E-state index >= 15 is 0 Å². The molecule has 0 radical (unpaired) electrons. The Bertz CT molecular complexity index is 699. The van der Waals surface area contributed by atoms with Crippen LogP contribution in [0.2, 0.25) is 13.4 Å². The number of hydrogen-bond donors (Lipinski definition) is 0. The molecule has 0 unspecified atom stereocenters. The fourth-order valence-corrected chi connectivity index (χ4v) is 19.6. The maximum absolute atomic E-state index is 2.56. The number of allylic oxidation sites excluding steroid dienone is 4. The predicted octanol–water partition coefficient (Wildman–Crippen LogP) is -2.11. The van der Waals surface area contributed by atoms with E-state index in [9.17, 15) is 0 Å². The molecule has 156 valence electrons. The summed E-state index contributed by atoms with van der Waals surface area (Å²) in [5.41, 5.74) is 6.23. The predicted molar refractivity (Wildman–Crippen MR) is 111 cm³/mol. The minimum atomic E-state index is -2.09. The summed E-state index contributed by atoms with van der Waals surface area (Å²) in [6, 6.07) is 11.5. The van der Waals surface area contributed by atoms with E-state index in [0.29, 0.717) is 0 Å². The average Bonchev–Trinajstić information content (AvgIpc) is 2.63. The minimum Gasteiger partial charge on any atom is -1.00 e. The zero-order valence-electron chi connectivity index (χ0n) is 19.0. The SMILES string of the molecule is CC1=C(C)[C]([Ti+3])([Si](c2ccccc2)(C(C)(C)C)C(C)(C)C)C(C)=C1C.[Cl-].[Cl-].[Cl-]. The molecule has 1 aromatic rings. The van der Waals surface area contributed by atoms with E-state index in [0.717, 1.165) is 0 Å². The fraction of sp³-hybridized carbons (Fsp3) is 0.565. The Hall–Kier alpha value is 0.501. The van der Waals surface area contributed by atoms with Gasteiger partial charge >= 0.3 is 169 Å². The number of benzene rings is 1. The summed E-state index contributed by atoms with van der Waals surface area (Å²) in [6.45, 7) is 24.4. The molecule has 0 fully saturated rings. The van der Waals surface area contributed by atoms with Crippen molar-refractivity contribution in [3.8, 4) is 0 Å². The second-order valence-corrected chi connectivity index (χ2v) is 17.6. The van der Waals surface area contributed by atoms with E-state index < -0.39 is 8.07 Å². The summed E-state index contributed by atoms with van der Waals surface area (Å²) in [6.07, 6.45) is 0. The van der Waals surface area contributed by atoms with Gasteiger partial charge in [-0.3, -0.25) is 0 Å². The Labute approximate surface area is 205 Å². The summed E-state index contributed by atoms with van der Waals surface area (Å²) in [7, 11) is -2.09. The topological polar surface area (TPSA) is 0 Å². The van der Waals surface area contributed by atoms with Crippen molar-refractivity contribution in [1.82, 2.24) is 0 Å². The second kappa shape index (κ2) is 9.75. The van der Waals surface area contributed by atoms with Crippen LogP contribution in [-0.2, 0) is 20.4 Å². The molecule has 0 amide bonds. The van der Waals surface area contributed by atoms with E-state index in [1.54, 1.807) is 16.3 Å². The van der Waals surface area contributed by atoms with Crippen LogP contribution in [0.4, 0.5) is 0 Å². The van der Waals surface area contributed by atoms with Gasteiger partial charge in [-0.05, 0) is 0 Å². The quantitative estimate of drug-likeness (QED) is 0.414. The van der Waals surface area contributed by atoms with Crippen LogP contribution in [0.5, 0.6) is 0 Å². The van der Waals surface area contributed by atoms with Crippen molar-refractivity contribution < 1.29 is 57.7 Å². The van der Waals surface area contributed by atoms with Crippen LogP contribution >= 0.6 is 0 Å². The molecule has 0 spiro atoms. The van der Waals surface area contributed by atoms with Crippen molar-refractivity contribution in [2.45, 2.75) is 82.7 Å². The fourth-order valence-electron chi connectivity index (χ4n) is 5.99. The first-order chi connectivity index (χ1) is 11.2. The third-order valence-corrected chi connectivity index (χ3v) is 17.3. The summed E-state index contributed by atoms with van der Waals surface area (Å²) < 4.78 is 0.138. The summed E-state index contributed by atoms with van der Waals surface area (Å²) in [4.78, 5) is 0. The van der Waals surface area contributed by atoms with Gasteiger partial charge in [-0.1, -0.05) is 0 Å². The van der Waals surface area contributed by atoms with Crippen LogP contribution in [0.1, 0.15) is 69.2 Å². The number of hydrogen-bond acceptors (Lipinski definition) is 0. The Morgan fingerprint density at radius 3 is 1.29 bits per heavy atom. The van der Waals surface area contributed by atoms with E-state index in [2.05, 4.69) is 120 Å². The normalized spacial score (nSPS) is 17.0. The standard InChI is InChI=1S/C23H35Si.3ClH.Ti/c1-16-17(2)19(4)21(18(16)3)24(22(5,6)7,23(8,9)10)20-14-12-11-13-15-20;;;;/h11-15H,1-10H3;3*1H;/q;;;;+3/p-3. The molecule has 0 bridgehead atoms. The molecular weight excluding hydrogens is 459 g/mol. The third-order valence-electron chi connectivity index (χ3n) is 6.83. The Kier molecular flexibility index (Phi) is 10.7. The molecule has 2 rings (SSSR count). The monoisotopic (exact) mass is 492 g/mol. The van der Waals surface area contributed by atoms with E-state index in [-0.39, 0.29) is 50.6 Å². The maximum Gasteiger partial charge on any atom is -1.00 e. The Morgan fingerprint density at radius 1 is 0.679 bits per heavy atom. The van der Waals surface area contributed by atoms with Crippen LogP contribution in [0.15, 0.2) is 52.6 Å². The molecule has 1 aliphatic rings. The van der Waals surface area contributed by atoms with Crippen molar-refractivity contribution in [1.29, 1.82) is 0 Å². The summed E-state index contributed by atoms with van der Waals surface area (Å²) in [5, 5.41) is 2.06. The largest absolute Gasteiger partial charge is 1.00 e. The van der Waals surface area contributed by atoms with Gasteiger partial charge in [0.2, 0.25) is 0 Å². The zero-order chi connectivity index (χ0) is 19.4. The van der Waals surface area contributed by atoms with Crippen molar-refractivity contribution in [2.24, 2.45) is 0 Å². The Morgan fingerprint density at radius 2 is 1.00 bits per heavy atom. The molecule has 0 saturated heterocycles. The van der Waals surface area contributed by atoms with Gasteiger partial charge in [-0.2, -0.15) is 0 Å². The van der Waals surface area contributed by atoms with E-state index in [4.69, 9.17) is 0 Å².